The summed E-state index contributed by atoms with van der Waals surface area (Å²) in [7, 11) is 1.49. The van der Waals surface area contributed by atoms with E-state index in [0.717, 1.165) is 25.3 Å². The number of aliphatic hydroxyl groups is 1. The molecule has 0 spiro atoms. The number of carbonyl (C=O) groups is 1. The van der Waals surface area contributed by atoms with Gasteiger partial charge >= 0.3 is 0 Å². The molecule has 2 N–H and O–H groups in total. The zero-order chi connectivity index (χ0) is 20.1. The minimum absolute atomic E-state index is 0.144. The molecule has 3 rings (SSSR count). The lowest BCUT2D eigenvalue weighted by Gasteiger charge is -2.32. The lowest BCUT2D eigenvalue weighted by Crippen LogP contribution is -2.44. The monoisotopic (exact) mass is 382 g/mol. The predicted octanol–water partition coefficient (Wildman–Crippen LogP) is 3.80. The average molecular weight is 382 g/mol. The summed E-state index contributed by atoms with van der Waals surface area (Å²) < 4.78 is 19.5. The van der Waals surface area contributed by atoms with Gasteiger partial charge in [-0.2, -0.15) is 5.26 Å². The van der Waals surface area contributed by atoms with Crippen LogP contribution in [0, 0.1) is 17.1 Å². The zero-order valence-corrected chi connectivity index (χ0v) is 15.8. The van der Waals surface area contributed by atoms with Crippen molar-refractivity contribution in [3.8, 4) is 22.9 Å². The number of carbonyl (C=O) groups excluding carboxylic acids is 1. The molecule has 2 aromatic rings. The van der Waals surface area contributed by atoms with Gasteiger partial charge in [0.1, 0.15) is 11.6 Å². The van der Waals surface area contributed by atoms with Gasteiger partial charge in [0.25, 0.3) is 5.91 Å². The maximum absolute atomic E-state index is 14.2. The second kappa shape index (κ2) is 8.41. The first-order valence-electron chi connectivity index (χ1n) is 9.34. The Kier molecular flexibility index (Phi) is 5.96. The SMILES string of the molecule is COc1ccc(C#N)cc1-c1cc(F)cc(C(=O)NCC2(O)CCCCC2)c1. The third-order valence-electron chi connectivity index (χ3n) is 5.16. The topological polar surface area (TPSA) is 82.3 Å². The minimum Gasteiger partial charge on any atom is -0.496 e. The number of nitrogens with zero attached hydrogens (tertiary/aromatic N) is 1. The Balaban J connectivity index is 1.85. The predicted molar refractivity (Wildman–Crippen MR) is 103 cm³/mol. The van der Waals surface area contributed by atoms with Crippen LogP contribution in [-0.4, -0.2) is 30.3 Å². The molecule has 1 saturated carbocycles. The molecule has 0 aliphatic heterocycles. The van der Waals surface area contributed by atoms with Crippen LogP contribution in [0.3, 0.4) is 0 Å². The van der Waals surface area contributed by atoms with Gasteiger partial charge < -0.3 is 15.2 Å². The van der Waals surface area contributed by atoms with Gasteiger partial charge in [0.15, 0.2) is 0 Å². The molecule has 0 unspecified atom stereocenters. The van der Waals surface area contributed by atoms with Crippen LogP contribution in [-0.2, 0) is 0 Å². The summed E-state index contributed by atoms with van der Waals surface area (Å²) >= 11 is 0. The summed E-state index contributed by atoms with van der Waals surface area (Å²) in [6.07, 6.45) is 4.27. The largest absolute Gasteiger partial charge is 0.496 e. The van der Waals surface area contributed by atoms with E-state index in [1.165, 1.54) is 13.2 Å². The molecule has 1 aliphatic rings. The zero-order valence-electron chi connectivity index (χ0n) is 15.8. The average Bonchev–Trinajstić information content (AvgIpc) is 2.71. The standard InChI is InChI=1S/C22H23FN2O3/c1-28-20-6-5-15(13-24)9-19(20)16-10-17(12-18(23)11-16)21(26)25-14-22(27)7-3-2-4-8-22/h5-6,9-12,27H,2-4,7-8,14H2,1H3,(H,25,26). The summed E-state index contributed by atoms with van der Waals surface area (Å²) in [4.78, 5) is 12.6. The Hall–Kier alpha value is -2.91. The highest BCUT2D eigenvalue weighted by Gasteiger charge is 2.29. The number of ether oxygens (including phenoxy) is 1. The molecule has 28 heavy (non-hydrogen) atoms. The fourth-order valence-corrected chi connectivity index (χ4v) is 3.61. The second-order valence-corrected chi connectivity index (χ2v) is 7.22. The van der Waals surface area contributed by atoms with E-state index in [2.05, 4.69) is 5.32 Å². The summed E-state index contributed by atoms with van der Waals surface area (Å²) in [6.45, 7) is 0.144. The number of methoxy groups -OCH3 is 1. The first-order chi connectivity index (χ1) is 13.4. The molecule has 0 bridgehead atoms. The van der Waals surface area contributed by atoms with E-state index in [1.54, 1.807) is 24.3 Å². The highest BCUT2D eigenvalue weighted by molar-refractivity contribution is 5.95. The summed E-state index contributed by atoms with van der Waals surface area (Å²) in [5.41, 5.74) is 0.634. The molecule has 6 heteroatoms. The van der Waals surface area contributed by atoms with E-state index >= 15 is 0 Å². The summed E-state index contributed by atoms with van der Waals surface area (Å²) in [5.74, 6) is -0.536. The molecular formula is C22H23FN2O3. The van der Waals surface area contributed by atoms with Gasteiger partial charge in [-0.15, -0.1) is 0 Å². The van der Waals surface area contributed by atoms with E-state index in [9.17, 15) is 14.3 Å². The van der Waals surface area contributed by atoms with Crippen LogP contribution < -0.4 is 10.1 Å². The Labute approximate surface area is 163 Å². The Morgan fingerprint density at radius 1 is 1.25 bits per heavy atom. The lowest BCUT2D eigenvalue weighted by atomic mass is 9.85. The first kappa shape index (κ1) is 19.8. The summed E-state index contributed by atoms with van der Waals surface area (Å²) in [5, 5.41) is 22.4. The van der Waals surface area contributed by atoms with Crippen molar-refractivity contribution < 1.29 is 19.0 Å². The number of nitriles is 1. The number of hydrogen-bond acceptors (Lipinski definition) is 4. The van der Waals surface area contributed by atoms with Crippen molar-refractivity contribution in [3.05, 3.63) is 53.3 Å². The Bertz CT molecular complexity index is 914. The van der Waals surface area contributed by atoms with Gasteiger partial charge in [0.2, 0.25) is 0 Å². The van der Waals surface area contributed by atoms with Crippen molar-refractivity contribution in [1.29, 1.82) is 5.26 Å². The number of rotatable bonds is 5. The van der Waals surface area contributed by atoms with Crippen LogP contribution >= 0.6 is 0 Å². The van der Waals surface area contributed by atoms with Gasteiger partial charge in [-0.25, -0.2) is 4.39 Å². The lowest BCUT2D eigenvalue weighted by molar-refractivity contribution is 0.00525. The van der Waals surface area contributed by atoms with E-state index in [-0.39, 0.29) is 12.1 Å². The number of benzene rings is 2. The molecule has 1 amide bonds. The Morgan fingerprint density at radius 3 is 2.68 bits per heavy atom. The van der Waals surface area contributed by atoms with E-state index < -0.39 is 17.3 Å². The smallest absolute Gasteiger partial charge is 0.251 e. The van der Waals surface area contributed by atoms with Crippen molar-refractivity contribution in [1.82, 2.24) is 5.32 Å². The van der Waals surface area contributed by atoms with Crippen LogP contribution in [0.4, 0.5) is 4.39 Å². The first-order valence-corrected chi connectivity index (χ1v) is 9.34. The van der Waals surface area contributed by atoms with Gasteiger partial charge in [0, 0.05) is 17.7 Å². The molecule has 0 radical (unpaired) electrons. The fourth-order valence-electron chi connectivity index (χ4n) is 3.61. The molecular weight excluding hydrogens is 359 g/mol. The van der Waals surface area contributed by atoms with Crippen molar-refractivity contribution in [3.63, 3.8) is 0 Å². The van der Waals surface area contributed by atoms with Crippen LogP contribution in [0.15, 0.2) is 36.4 Å². The number of halogens is 1. The van der Waals surface area contributed by atoms with Gasteiger partial charge in [-0.05, 0) is 54.8 Å². The molecule has 0 atom stereocenters. The third-order valence-corrected chi connectivity index (χ3v) is 5.16. The highest BCUT2D eigenvalue weighted by atomic mass is 19.1. The number of nitrogens with one attached hydrogen (secondary N) is 1. The minimum atomic E-state index is -0.894. The van der Waals surface area contributed by atoms with Crippen LogP contribution in [0.1, 0.15) is 48.0 Å². The van der Waals surface area contributed by atoms with Gasteiger partial charge in [-0.1, -0.05) is 19.3 Å². The highest BCUT2D eigenvalue weighted by Crippen LogP contribution is 2.32. The van der Waals surface area contributed by atoms with Gasteiger partial charge in [-0.3, -0.25) is 4.79 Å². The molecule has 1 aliphatic carbocycles. The van der Waals surface area contributed by atoms with E-state index in [0.29, 0.717) is 35.3 Å². The van der Waals surface area contributed by atoms with Crippen LogP contribution in [0.25, 0.3) is 11.1 Å². The van der Waals surface area contributed by atoms with Crippen LogP contribution in [0.2, 0.25) is 0 Å². The van der Waals surface area contributed by atoms with Crippen molar-refractivity contribution >= 4 is 5.91 Å². The summed E-state index contributed by atoms with van der Waals surface area (Å²) in [6, 6.07) is 10.9. The van der Waals surface area contributed by atoms with Crippen LogP contribution in [0.5, 0.6) is 5.75 Å². The molecule has 0 aromatic heterocycles. The van der Waals surface area contributed by atoms with E-state index in [4.69, 9.17) is 10.00 Å². The normalized spacial score (nSPS) is 15.5. The second-order valence-electron chi connectivity index (χ2n) is 7.22. The number of hydrogen-bond donors (Lipinski definition) is 2. The maximum atomic E-state index is 14.2. The molecule has 1 fully saturated rings. The van der Waals surface area contributed by atoms with Crippen molar-refractivity contribution in [2.45, 2.75) is 37.7 Å². The molecule has 0 saturated heterocycles. The van der Waals surface area contributed by atoms with Crippen molar-refractivity contribution in [2.75, 3.05) is 13.7 Å². The maximum Gasteiger partial charge on any atom is 0.251 e. The van der Waals surface area contributed by atoms with Crippen molar-refractivity contribution in [2.24, 2.45) is 0 Å². The number of amides is 1. The van der Waals surface area contributed by atoms with E-state index in [1.807, 2.05) is 6.07 Å². The molecule has 146 valence electrons. The molecule has 5 nitrogen and oxygen atoms in total. The van der Waals surface area contributed by atoms with Gasteiger partial charge in [0.05, 0.1) is 24.3 Å². The quantitative estimate of drug-likeness (QED) is 0.824. The Morgan fingerprint density at radius 2 is 2.00 bits per heavy atom. The third kappa shape index (κ3) is 4.49. The molecule has 0 heterocycles. The fraction of sp³-hybridized carbons (Fsp3) is 0.364. The molecule has 2 aromatic carbocycles.